The van der Waals surface area contributed by atoms with Gasteiger partial charge in [0.2, 0.25) is 0 Å². The lowest BCUT2D eigenvalue weighted by Crippen LogP contribution is -2.24. The Bertz CT molecular complexity index is 346. The summed E-state index contributed by atoms with van der Waals surface area (Å²) in [6.07, 6.45) is 1.95. The van der Waals surface area contributed by atoms with Crippen LogP contribution in [0.2, 0.25) is 0 Å². The molecule has 0 aliphatic carbocycles. The number of ether oxygens (including phenoxy) is 1. The van der Waals surface area contributed by atoms with Crippen molar-refractivity contribution in [2.75, 3.05) is 25.1 Å². The second kappa shape index (κ2) is 6.03. The Morgan fingerprint density at radius 2 is 2.29 bits per heavy atom. The van der Waals surface area contributed by atoms with Gasteiger partial charge in [0, 0.05) is 24.4 Å². The molecule has 3 nitrogen and oxygen atoms in total. The number of nitrogens with one attached hydrogen (secondary N) is 1. The van der Waals surface area contributed by atoms with E-state index in [1.165, 1.54) is 6.42 Å². The van der Waals surface area contributed by atoms with Crippen LogP contribution in [0, 0.1) is 5.92 Å². The predicted molar refractivity (Wildman–Crippen MR) is 69.1 cm³/mol. The van der Waals surface area contributed by atoms with E-state index in [0.717, 1.165) is 37.4 Å². The van der Waals surface area contributed by atoms with Gasteiger partial charge in [-0.1, -0.05) is 18.2 Å². The van der Waals surface area contributed by atoms with Gasteiger partial charge in [0.05, 0.1) is 12.7 Å². The van der Waals surface area contributed by atoms with Crippen molar-refractivity contribution in [3.63, 3.8) is 0 Å². The maximum Gasteiger partial charge on any atom is 0.0781 e. The molecule has 0 bridgehead atoms. The molecule has 0 saturated carbocycles. The minimum absolute atomic E-state index is 0.429. The average molecular weight is 235 g/mol. The lowest BCUT2D eigenvalue weighted by molar-refractivity contribution is 0.0595. The van der Waals surface area contributed by atoms with Crippen molar-refractivity contribution in [3.8, 4) is 0 Å². The lowest BCUT2D eigenvalue weighted by atomic mass is 10.0. The highest BCUT2D eigenvalue weighted by atomic mass is 16.5. The van der Waals surface area contributed by atoms with Crippen LogP contribution in [-0.4, -0.2) is 24.9 Å². The first-order valence-corrected chi connectivity index (χ1v) is 6.36. The third-order valence-corrected chi connectivity index (χ3v) is 3.25. The van der Waals surface area contributed by atoms with Crippen LogP contribution in [0.4, 0.5) is 5.69 Å². The van der Waals surface area contributed by atoms with Crippen molar-refractivity contribution in [1.82, 2.24) is 0 Å². The summed E-state index contributed by atoms with van der Waals surface area (Å²) in [6.45, 7) is 4.47. The topological polar surface area (TPSA) is 41.5 Å². The Hall–Kier alpha value is -1.06. The maximum absolute atomic E-state index is 9.68. The van der Waals surface area contributed by atoms with Crippen LogP contribution in [0.1, 0.15) is 31.4 Å². The second-order valence-electron chi connectivity index (χ2n) is 4.73. The molecule has 0 radical (unpaired) electrons. The first kappa shape index (κ1) is 12.4. The van der Waals surface area contributed by atoms with Gasteiger partial charge in [-0.05, 0) is 31.7 Å². The lowest BCUT2D eigenvalue weighted by Gasteiger charge is -2.23. The van der Waals surface area contributed by atoms with Crippen molar-refractivity contribution in [3.05, 3.63) is 29.8 Å². The van der Waals surface area contributed by atoms with Gasteiger partial charge >= 0.3 is 0 Å². The van der Waals surface area contributed by atoms with Gasteiger partial charge in [0.15, 0.2) is 0 Å². The van der Waals surface area contributed by atoms with Gasteiger partial charge < -0.3 is 15.2 Å². The van der Waals surface area contributed by atoms with Crippen molar-refractivity contribution in [2.24, 2.45) is 5.92 Å². The molecule has 17 heavy (non-hydrogen) atoms. The quantitative estimate of drug-likeness (QED) is 0.842. The van der Waals surface area contributed by atoms with Gasteiger partial charge in [0.1, 0.15) is 0 Å². The fourth-order valence-corrected chi connectivity index (χ4v) is 2.24. The van der Waals surface area contributed by atoms with Gasteiger partial charge in [-0.3, -0.25) is 0 Å². The smallest absolute Gasteiger partial charge is 0.0781 e. The summed E-state index contributed by atoms with van der Waals surface area (Å²) in [5.41, 5.74) is 2.00. The predicted octanol–water partition coefficient (Wildman–Crippen LogP) is 2.58. The minimum atomic E-state index is -0.429. The molecule has 1 heterocycles. The third kappa shape index (κ3) is 3.45. The highest BCUT2D eigenvalue weighted by Gasteiger charge is 2.14. The number of aliphatic hydroxyl groups is 1. The van der Waals surface area contributed by atoms with Crippen LogP contribution in [0.5, 0.6) is 0 Å². The van der Waals surface area contributed by atoms with Crippen LogP contribution in [0.15, 0.2) is 24.3 Å². The number of rotatable bonds is 4. The van der Waals surface area contributed by atoms with Crippen molar-refractivity contribution in [2.45, 2.75) is 25.9 Å². The molecule has 1 aliphatic rings. The molecular formula is C14H21NO2. The molecule has 0 spiro atoms. The minimum Gasteiger partial charge on any atom is -0.389 e. The number of benzene rings is 1. The molecule has 1 saturated heterocycles. The zero-order chi connectivity index (χ0) is 12.1. The number of hydrogen-bond acceptors (Lipinski definition) is 3. The average Bonchev–Trinajstić information content (AvgIpc) is 2.38. The first-order valence-electron chi connectivity index (χ1n) is 6.36. The first-order chi connectivity index (χ1) is 8.27. The molecule has 94 valence electrons. The summed E-state index contributed by atoms with van der Waals surface area (Å²) in [4.78, 5) is 0. The number of anilines is 1. The summed E-state index contributed by atoms with van der Waals surface area (Å²) in [6, 6.07) is 7.93. The summed E-state index contributed by atoms with van der Waals surface area (Å²) in [5.74, 6) is 0.589. The molecule has 0 aromatic heterocycles. The fraction of sp³-hybridized carbons (Fsp3) is 0.571. The van der Waals surface area contributed by atoms with E-state index in [2.05, 4.69) is 5.32 Å². The van der Waals surface area contributed by atoms with E-state index in [4.69, 9.17) is 4.74 Å². The van der Waals surface area contributed by atoms with Gasteiger partial charge in [-0.25, -0.2) is 0 Å². The molecular weight excluding hydrogens is 214 g/mol. The van der Waals surface area contributed by atoms with Crippen LogP contribution >= 0.6 is 0 Å². The second-order valence-corrected chi connectivity index (χ2v) is 4.73. The van der Waals surface area contributed by atoms with Crippen molar-refractivity contribution < 1.29 is 9.84 Å². The Kier molecular flexibility index (Phi) is 4.40. The third-order valence-electron chi connectivity index (χ3n) is 3.25. The van der Waals surface area contributed by atoms with E-state index >= 15 is 0 Å². The molecule has 1 aliphatic heterocycles. The van der Waals surface area contributed by atoms with E-state index in [0.29, 0.717) is 5.92 Å². The van der Waals surface area contributed by atoms with E-state index in [1.807, 2.05) is 24.3 Å². The van der Waals surface area contributed by atoms with Crippen molar-refractivity contribution >= 4 is 5.69 Å². The zero-order valence-corrected chi connectivity index (χ0v) is 10.4. The SMILES string of the molecule is CC(O)c1ccccc1NCC1CCCOC1. The summed E-state index contributed by atoms with van der Waals surface area (Å²) >= 11 is 0. The number of para-hydroxylation sites is 1. The van der Waals surface area contributed by atoms with E-state index in [9.17, 15) is 5.11 Å². The van der Waals surface area contributed by atoms with E-state index < -0.39 is 6.10 Å². The highest BCUT2D eigenvalue weighted by molar-refractivity contribution is 5.52. The summed E-state index contributed by atoms with van der Waals surface area (Å²) < 4.78 is 5.46. The van der Waals surface area contributed by atoms with Gasteiger partial charge in [0.25, 0.3) is 0 Å². The molecule has 1 fully saturated rings. The van der Waals surface area contributed by atoms with Crippen LogP contribution in [0.3, 0.4) is 0 Å². The maximum atomic E-state index is 9.68. The molecule has 2 rings (SSSR count). The zero-order valence-electron chi connectivity index (χ0n) is 10.4. The Morgan fingerprint density at radius 1 is 1.47 bits per heavy atom. The van der Waals surface area contributed by atoms with E-state index in [1.54, 1.807) is 6.92 Å². The Balaban J connectivity index is 1.93. The molecule has 1 aromatic carbocycles. The molecule has 2 atom stereocenters. The van der Waals surface area contributed by atoms with Gasteiger partial charge in [-0.15, -0.1) is 0 Å². The molecule has 1 aromatic rings. The summed E-state index contributed by atoms with van der Waals surface area (Å²) in [5, 5.41) is 13.1. The van der Waals surface area contributed by atoms with E-state index in [-0.39, 0.29) is 0 Å². The number of aliphatic hydroxyl groups excluding tert-OH is 1. The van der Waals surface area contributed by atoms with Crippen molar-refractivity contribution in [1.29, 1.82) is 0 Å². The molecule has 0 amide bonds. The highest BCUT2D eigenvalue weighted by Crippen LogP contribution is 2.23. The van der Waals surface area contributed by atoms with Crippen LogP contribution in [0.25, 0.3) is 0 Å². The monoisotopic (exact) mass is 235 g/mol. The molecule has 2 N–H and O–H groups in total. The van der Waals surface area contributed by atoms with Gasteiger partial charge in [-0.2, -0.15) is 0 Å². The molecule has 2 unspecified atom stereocenters. The largest absolute Gasteiger partial charge is 0.389 e. The fourth-order valence-electron chi connectivity index (χ4n) is 2.24. The van der Waals surface area contributed by atoms with Crippen LogP contribution < -0.4 is 5.32 Å². The normalized spacial score (nSPS) is 22.1. The molecule has 3 heteroatoms. The number of hydrogen-bond donors (Lipinski definition) is 2. The summed E-state index contributed by atoms with van der Waals surface area (Å²) in [7, 11) is 0. The van der Waals surface area contributed by atoms with Crippen LogP contribution in [-0.2, 0) is 4.74 Å². The Labute approximate surface area is 103 Å². The standard InChI is InChI=1S/C14H21NO2/c1-11(16)13-6-2-3-7-14(13)15-9-12-5-4-8-17-10-12/h2-3,6-7,11-12,15-16H,4-5,8-10H2,1H3. The Morgan fingerprint density at radius 3 is 3.00 bits per heavy atom.